The van der Waals surface area contributed by atoms with Crippen molar-refractivity contribution in [2.75, 3.05) is 10.6 Å². The minimum atomic E-state index is -0.764. The van der Waals surface area contributed by atoms with Crippen molar-refractivity contribution in [1.82, 2.24) is 4.58 Å². The maximum atomic E-state index is 14.1. The van der Waals surface area contributed by atoms with E-state index in [9.17, 15) is 25.2 Å². The molecule has 8 nitrogen and oxygen atoms in total. The predicted octanol–water partition coefficient (Wildman–Crippen LogP) is 11.9. The van der Waals surface area contributed by atoms with Crippen molar-refractivity contribution in [1.29, 1.82) is 0 Å². The number of rotatable bonds is 6. The number of carbonyl (C=O) groups is 1. The van der Waals surface area contributed by atoms with E-state index in [1.54, 1.807) is 6.07 Å². The van der Waals surface area contributed by atoms with Crippen LogP contribution in [0.15, 0.2) is 223 Å². The molecule has 5 N–H and O–H groups in total. The Morgan fingerprint density at radius 2 is 0.875 bits per heavy atom. The quantitative estimate of drug-likeness (QED) is 0.0745. The molecule has 0 unspecified atom stereocenters. The number of aliphatic hydroxyl groups excluding tert-OH is 2. The Kier molecular flexibility index (Phi) is 8.88. The van der Waals surface area contributed by atoms with Crippen LogP contribution in [0.4, 0.5) is 34.1 Å². The SMILES string of the molecule is Nc1cc(N(c2ccc3ccccc3c2)c2ccc3ccccc3c2)cc(O)c1C1=C([O-])C(=C2C(O)=CC(=[N+](c3ccc4ccccc4c3)c3ccc4ccccc4c3)C=C2O)C1=O. The van der Waals surface area contributed by atoms with Gasteiger partial charge in [0.2, 0.25) is 17.1 Å². The lowest BCUT2D eigenvalue weighted by Crippen LogP contribution is -2.32. The van der Waals surface area contributed by atoms with Crippen molar-refractivity contribution in [2.45, 2.75) is 0 Å². The van der Waals surface area contributed by atoms with Crippen LogP contribution >= 0.6 is 0 Å². The third-order valence-electron chi connectivity index (χ3n) is 12.1. The summed E-state index contributed by atoms with van der Waals surface area (Å²) in [6.07, 6.45) is 2.86. The molecule has 0 radical (unpaired) electrons. The molecule has 0 amide bonds. The molecule has 9 aromatic carbocycles. The van der Waals surface area contributed by atoms with E-state index < -0.39 is 28.6 Å². The number of phenols is 1. The Hall–Kier alpha value is -8.88. The number of aromatic hydroxyl groups is 1. The number of allylic oxidation sites excluding steroid dienone is 4. The lowest BCUT2D eigenvalue weighted by atomic mass is 9.78. The first-order valence-corrected chi connectivity index (χ1v) is 20.8. The van der Waals surface area contributed by atoms with Gasteiger partial charge in [-0.25, -0.2) is 0 Å². The van der Waals surface area contributed by atoms with Gasteiger partial charge in [0.25, 0.3) is 0 Å². The van der Waals surface area contributed by atoms with Crippen LogP contribution in [0, 0.1) is 0 Å². The third-order valence-corrected chi connectivity index (χ3v) is 12.1. The Morgan fingerprint density at radius 1 is 0.453 bits per heavy atom. The van der Waals surface area contributed by atoms with Gasteiger partial charge in [0.1, 0.15) is 17.3 Å². The summed E-state index contributed by atoms with van der Waals surface area (Å²) in [4.78, 5) is 16.1. The second-order valence-corrected chi connectivity index (χ2v) is 16.0. The summed E-state index contributed by atoms with van der Waals surface area (Å²) in [5.74, 6) is -2.83. The van der Waals surface area contributed by atoms with Gasteiger partial charge in [-0.2, -0.15) is 4.58 Å². The van der Waals surface area contributed by atoms with Crippen LogP contribution in [0.3, 0.4) is 0 Å². The standard InChI is InChI=1S/C56H37N3O5/c57-47-29-45(58(41-21-17-33-9-1-5-13-37(33)25-41)42-22-18-34-10-2-6-14-38(34)26-42)30-48(60)51(47)53-55(63)54(56(53)64)52-49(61)31-46(32-50(52)62)59(43-23-19-35-11-3-7-15-39(35)27-43)44-24-20-36-12-4-8-16-40(36)28-44/h1-32H,(H5,57,60,61,62,63,64). The molecule has 64 heavy (non-hydrogen) atoms. The summed E-state index contributed by atoms with van der Waals surface area (Å²) in [6, 6.07) is 59.2. The molecule has 8 heteroatoms. The Morgan fingerprint density at radius 3 is 1.31 bits per heavy atom. The van der Waals surface area contributed by atoms with Gasteiger partial charge in [-0.15, -0.1) is 0 Å². The predicted molar refractivity (Wildman–Crippen MR) is 257 cm³/mol. The molecule has 306 valence electrons. The molecule has 0 spiro atoms. The summed E-state index contributed by atoms with van der Waals surface area (Å²) in [6.45, 7) is 0. The molecule has 0 saturated heterocycles. The van der Waals surface area contributed by atoms with Crippen molar-refractivity contribution >= 4 is 94.3 Å². The van der Waals surface area contributed by atoms with E-state index >= 15 is 0 Å². The average molecular weight is 832 g/mol. The summed E-state index contributed by atoms with van der Waals surface area (Å²) < 4.78 is 1.90. The summed E-state index contributed by atoms with van der Waals surface area (Å²) in [5, 5.41) is 57.3. The summed E-state index contributed by atoms with van der Waals surface area (Å²) in [5.41, 5.74) is 9.54. The fourth-order valence-corrected chi connectivity index (χ4v) is 9.02. The number of carbonyl (C=O) groups excluding carboxylic acids is 1. The number of anilines is 4. The fourth-order valence-electron chi connectivity index (χ4n) is 9.02. The van der Waals surface area contributed by atoms with E-state index in [-0.39, 0.29) is 28.1 Å². The molecule has 0 aliphatic heterocycles. The largest absolute Gasteiger partial charge is 0.871 e. The topological polar surface area (TPSA) is 133 Å². The molecule has 9 aromatic rings. The molecule has 0 bridgehead atoms. The van der Waals surface area contributed by atoms with E-state index in [0.717, 1.165) is 65.8 Å². The number of benzene rings is 9. The van der Waals surface area contributed by atoms with Crippen LogP contribution in [0.5, 0.6) is 5.75 Å². The molecule has 11 rings (SSSR count). The van der Waals surface area contributed by atoms with Crippen molar-refractivity contribution in [3.05, 3.63) is 228 Å². The Bertz CT molecular complexity index is 3440. The number of Topliss-reactive ketones (excluding diaryl/α,β-unsaturated/α-hetero) is 1. The first-order valence-electron chi connectivity index (χ1n) is 20.8. The van der Waals surface area contributed by atoms with Gasteiger partial charge >= 0.3 is 0 Å². The normalized spacial score (nSPS) is 14.0. The van der Waals surface area contributed by atoms with Crippen molar-refractivity contribution < 1.29 is 25.2 Å². The fraction of sp³-hybridized carbons (Fsp3) is 0. The zero-order valence-electron chi connectivity index (χ0n) is 34.1. The number of fused-ring (bicyclic) bond motifs is 4. The van der Waals surface area contributed by atoms with Crippen molar-refractivity contribution in [2.24, 2.45) is 0 Å². The number of phenolic OH excluding ortho intramolecular Hbond substituents is 1. The molecule has 0 fully saturated rings. The molecule has 2 aliphatic carbocycles. The van der Waals surface area contributed by atoms with Crippen LogP contribution in [0.2, 0.25) is 0 Å². The Balaban J connectivity index is 1.01. The zero-order chi connectivity index (χ0) is 43.6. The maximum Gasteiger partial charge on any atom is 0.219 e. The van der Waals surface area contributed by atoms with Crippen LogP contribution in [-0.4, -0.2) is 26.8 Å². The molecular formula is C56H37N3O5. The first-order chi connectivity index (χ1) is 31.2. The Labute approximate surface area is 367 Å². The van der Waals surface area contributed by atoms with Gasteiger partial charge in [0.05, 0.1) is 23.4 Å². The van der Waals surface area contributed by atoms with Crippen LogP contribution in [-0.2, 0) is 4.79 Å². The van der Waals surface area contributed by atoms with Gasteiger partial charge < -0.3 is 31.1 Å². The smallest absolute Gasteiger partial charge is 0.219 e. The van der Waals surface area contributed by atoms with Crippen LogP contribution in [0.1, 0.15) is 5.56 Å². The number of hydrogen-bond acceptors (Lipinski definition) is 7. The van der Waals surface area contributed by atoms with Gasteiger partial charge in [-0.3, -0.25) is 4.79 Å². The van der Waals surface area contributed by atoms with E-state index in [1.807, 2.05) is 179 Å². The lowest BCUT2D eigenvalue weighted by molar-refractivity contribution is -0.297. The van der Waals surface area contributed by atoms with Gasteiger partial charge in [-0.1, -0.05) is 115 Å². The number of ketones is 1. The maximum absolute atomic E-state index is 14.1. The van der Waals surface area contributed by atoms with E-state index in [0.29, 0.717) is 11.4 Å². The van der Waals surface area contributed by atoms with Crippen LogP contribution in [0.25, 0.3) is 48.7 Å². The van der Waals surface area contributed by atoms with E-state index in [2.05, 4.69) is 0 Å². The van der Waals surface area contributed by atoms with Gasteiger partial charge in [0, 0.05) is 64.1 Å². The minimum absolute atomic E-state index is 0.00234. The number of aliphatic hydroxyl groups is 2. The highest BCUT2D eigenvalue weighted by Gasteiger charge is 2.38. The lowest BCUT2D eigenvalue weighted by Gasteiger charge is -2.34. The average Bonchev–Trinajstić information content (AvgIpc) is 3.31. The zero-order valence-corrected chi connectivity index (χ0v) is 34.1. The molecule has 0 saturated carbocycles. The minimum Gasteiger partial charge on any atom is -0.871 e. The summed E-state index contributed by atoms with van der Waals surface area (Å²) in [7, 11) is 0. The highest BCUT2D eigenvalue weighted by Crippen LogP contribution is 2.48. The number of nitrogens with zero attached hydrogens (tertiary/aromatic N) is 2. The molecule has 0 heterocycles. The van der Waals surface area contributed by atoms with Crippen molar-refractivity contribution in [3.63, 3.8) is 0 Å². The number of nitrogen functional groups attached to an aromatic ring is 1. The second-order valence-electron chi connectivity index (χ2n) is 16.0. The third kappa shape index (κ3) is 6.32. The molecular weight excluding hydrogens is 795 g/mol. The second kappa shape index (κ2) is 14.9. The van der Waals surface area contributed by atoms with Gasteiger partial charge in [0.15, 0.2) is 5.78 Å². The summed E-state index contributed by atoms with van der Waals surface area (Å²) >= 11 is 0. The molecule has 0 aromatic heterocycles. The number of nitrogens with two attached hydrogens (primary N) is 1. The molecule has 0 atom stereocenters. The highest BCUT2D eigenvalue weighted by molar-refractivity contribution is 6.40. The monoisotopic (exact) mass is 831 g/mol. The van der Waals surface area contributed by atoms with E-state index in [1.165, 1.54) is 18.2 Å². The van der Waals surface area contributed by atoms with Crippen molar-refractivity contribution in [3.8, 4) is 5.75 Å². The molecule has 2 aliphatic rings. The first kappa shape index (κ1) is 38.1. The van der Waals surface area contributed by atoms with Crippen LogP contribution < -0.4 is 20.3 Å². The van der Waals surface area contributed by atoms with E-state index in [4.69, 9.17) is 5.73 Å². The number of hydrogen-bond donors (Lipinski definition) is 4. The highest BCUT2D eigenvalue weighted by atomic mass is 16.3. The van der Waals surface area contributed by atoms with Gasteiger partial charge in [-0.05, 0) is 85.6 Å².